The smallest absolute Gasteiger partial charge is 0.116 e. The van der Waals surface area contributed by atoms with Crippen LogP contribution < -0.4 is 10.6 Å². The van der Waals surface area contributed by atoms with Crippen molar-refractivity contribution < 1.29 is 0 Å². The minimum absolute atomic E-state index is 0.748. The average molecular weight is 146 g/mol. The van der Waals surface area contributed by atoms with Gasteiger partial charge in [0.05, 0.1) is 5.35 Å². The molecule has 2 heteroatoms. The van der Waals surface area contributed by atoms with E-state index in [0.717, 1.165) is 16.3 Å². The molecule has 2 nitrogen and oxygen atoms in total. The maximum absolute atomic E-state index is 4.03. The van der Waals surface area contributed by atoms with E-state index < -0.39 is 0 Å². The van der Waals surface area contributed by atoms with E-state index in [9.17, 15) is 0 Å². The molecule has 0 aliphatic carbocycles. The molecule has 1 rings (SSSR count). The molecule has 0 aliphatic heterocycles. The van der Waals surface area contributed by atoms with Crippen molar-refractivity contribution in [3.8, 4) is 0 Å². The van der Waals surface area contributed by atoms with E-state index in [2.05, 4.69) is 23.1 Å². The summed E-state index contributed by atoms with van der Waals surface area (Å²) in [4.78, 5) is 7.99. The van der Waals surface area contributed by atoms with E-state index in [-0.39, 0.29) is 0 Å². The molecule has 56 valence electrons. The molecular formula is C9H10N2. The maximum atomic E-state index is 4.03. The van der Waals surface area contributed by atoms with Gasteiger partial charge < -0.3 is 0 Å². The normalized spacial score (nSPS) is 11.5. The maximum Gasteiger partial charge on any atom is 0.116 e. The zero-order valence-corrected chi connectivity index (χ0v) is 6.54. The van der Waals surface area contributed by atoms with Crippen LogP contribution in [-0.4, -0.2) is 9.97 Å². The van der Waals surface area contributed by atoms with Gasteiger partial charge in [-0.1, -0.05) is 25.3 Å². The van der Waals surface area contributed by atoms with Gasteiger partial charge in [-0.25, -0.2) is 9.97 Å². The van der Waals surface area contributed by atoms with Gasteiger partial charge in [-0.3, -0.25) is 0 Å². The summed E-state index contributed by atoms with van der Waals surface area (Å²) in [5.74, 6) is 0. The Bertz CT molecular complexity index is 366. The molecule has 1 heterocycles. The minimum atomic E-state index is 0.748. The number of rotatable bonds is 1. The Balaban J connectivity index is 3.57. The minimum Gasteiger partial charge on any atom is -0.241 e. The van der Waals surface area contributed by atoms with Crippen molar-refractivity contribution in [1.29, 1.82) is 0 Å². The van der Waals surface area contributed by atoms with Crippen LogP contribution in [0.5, 0.6) is 0 Å². The van der Waals surface area contributed by atoms with Gasteiger partial charge in [-0.2, -0.15) is 0 Å². The van der Waals surface area contributed by atoms with Crippen LogP contribution in [0.15, 0.2) is 19.0 Å². The van der Waals surface area contributed by atoms with Crippen LogP contribution in [0.2, 0.25) is 0 Å². The lowest BCUT2D eigenvalue weighted by Crippen LogP contribution is -2.29. The molecule has 1 aromatic rings. The lowest BCUT2D eigenvalue weighted by Gasteiger charge is -1.90. The van der Waals surface area contributed by atoms with Crippen molar-refractivity contribution >= 4 is 12.7 Å². The SMILES string of the molecule is C=C/C=c1/c(C)ncnc1=C. The van der Waals surface area contributed by atoms with Gasteiger partial charge in [0.1, 0.15) is 6.33 Å². The number of aryl methyl sites for hydroxylation is 1. The van der Waals surface area contributed by atoms with Crippen LogP contribution in [0.4, 0.5) is 0 Å². The predicted octanol–water partition coefficient (Wildman–Crippen LogP) is 0.162. The fourth-order valence-electron chi connectivity index (χ4n) is 0.868. The molecule has 0 aliphatic rings. The Kier molecular flexibility index (Phi) is 2.16. The molecule has 0 radical (unpaired) electrons. The Morgan fingerprint density at radius 2 is 2.18 bits per heavy atom. The van der Waals surface area contributed by atoms with E-state index in [1.54, 1.807) is 6.08 Å². The monoisotopic (exact) mass is 146 g/mol. The highest BCUT2D eigenvalue weighted by Gasteiger charge is 1.87. The summed E-state index contributed by atoms with van der Waals surface area (Å²) in [6.07, 6.45) is 5.08. The quantitative estimate of drug-likeness (QED) is 0.564. The zero-order chi connectivity index (χ0) is 8.27. The summed E-state index contributed by atoms with van der Waals surface area (Å²) in [5.41, 5.74) is 0.935. The first-order chi connectivity index (χ1) is 5.25. The van der Waals surface area contributed by atoms with Crippen LogP contribution in [0.1, 0.15) is 5.69 Å². The molecule has 0 spiro atoms. The van der Waals surface area contributed by atoms with Crippen LogP contribution in [-0.2, 0) is 0 Å². The molecule has 0 N–H and O–H groups in total. The van der Waals surface area contributed by atoms with E-state index in [0.29, 0.717) is 0 Å². The number of hydrogen-bond donors (Lipinski definition) is 0. The van der Waals surface area contributed by atoms with Gasteiger partial charge in [0.25, 0.3) is 0 Å². The third-order valence-corrected chi connectivity index (χ3v) is 1.45. The fourth-order valence-corrected chi connectivity index (χ4v) is 0.868. The molecule has 0 saturated heterocycles. The Morgan fingerprint density at radius 1 is 1.45 bits per heavy atom. The molecule has 0 aromatic carbocycles. The van der Waals surface area contributed by atoms with Crippen molar-refractivity contribution in [3.05, 3.63) is 35.2 Å². The van der Waals surface area contributed by atoms with Crippen molar-refractivity contribution in [2.75, 3.05) is 0 Å². The zero-order valence-electron chi connectivity index (χ0n) is 6.54. The second-order valence-corrected chi connectivity index (χ2v) is 2.22. The van der Waals surface area contributed by atoms with E-state index in [1.165, 1.54) is 6.33 Å². The molecule has 0 fully saturated rings. The number of hydrogen-bond acceptors (Lipinski definition) is 2. The molecule has 0 atom stereocenters. The van der Waals surface area contributed by atoms with Crippen LogP contribution in [0.3, 0.4) is 0 Å². The van der Waals surface area contributed by atoms with Crippen molar-refractivity contribution in [2.45, 2.75) is 6.92 Å². The topological polar surface area (TPSA) is 25.8 Å². The highest BCUT2D eigenvalue weighted by Crippen LogP contribution is 1.73. The van der Waals surface area contributed by atoms with Gasteiger partial charge >= 0.3 is 0 Å². The summed E-state index contributed by atoms with van der Waals surface area (Å²) < 4.78 is 0. The van der Waals surface area contributed by atoms with Crippen molar-refractivity contribution in [1.82, 2.24) is 9.97 Å². The van der Waals surface area contributed by atoms with Crippen LogP contribution >= 0.6 is 0 Å². The summed E-state index contributed by atoms with van der Waals surface area (Å²) in [7, 11) is 0. The summed E-state index contributed by atoms with van der Waals surface area (Å²) in [6, 6.07) is 0. The van der Waals surface area contributed by atoms with E-state index >= 15 is 0 Å². The Morgan fingerprint density at radius 3 is 2.73 bits per heavy atom. The third kappa shape index (κ3) is 1.52. The molecule has 1 aromatic heterocycles. The van der Waals surface area contributed by atoms with Crippen molar-refractivity contribution in [2.24, 2.45) is 0 Å². The van der Waals surface area contributed by atoms with Crippen molar-refractivity contribution in [3.63, 3.8) is 0 Å². The molecule has 11 heavy (non-hydrogen) atoms. The number of allylic oxidation sites excluding steroid dienone is 1. The van der Waals surface area contributed by atoms with E-state index in [1.807, 2.05) is 13.0 Å². The predicted molar refractivity (Wildman–Crippen MR) is 46.2 cm³/mol. The van der Waals surface area contributed by atoms with Gasteiger partial charge in [0.15, 0.2) is 0 Å². The lowest BCUT2D eigenvalue weighted by molar-refractivity contribution is 1.04. The molecule has 0 saturated carbocycles. The first kappa shape index (κ1) is 7.66. The lowest BCUT2D eigenvalue weighted by atomic mass is 10.3. The highest BCUT2D eigenvalue weighted by atomic mass is 14.8. The van der Waals surface area contributed by atoms with Gasteiger partial charge in [0, 0.05) is 10.9 Å². The first-order valence-corrected chi connectivity index (χ1v) is 3.35. The first-order valence-electron chi connectivity index (χ1n) is 3.35. The molecule has 0 amide bonds. The molecule has 0 unspecified atom stereocenters. The van der Waals surface area contributed by atoms with Gasteiger partial charge in [-0.05, 0) is 6.92 Å². The van der Waals surface area contributed by atoms with Crippen LogP contribution in [0.25, 0.3) is 12.7 Å². The largest absolute Gasteiger partial charge is 0.241 e. The molecular weight excluding hydrogens is 136 g/mol. The highest BCUT2D eigenvalue weighted by molar-refractivity contribution is 5.36. The fraction of sp³-hybridized carbons (Fsp3) is 0.111. The molecule has 0 bridgehead atoms. The Labute approximate surface area is 65.6 Å². The third-order valence-electron chi connectivity index (χ3n) is 1.45. The van der Waals surface area contributed by atoms with E-state index in [4.69, 9.17) is 0 Å². The standard InChI is InChI=1S/C9H10N2/c1-4-5-9-7(2)10-6-11-8(9)3/h4-6H,1-2H2,3H3/b9-5+. The Hall–Kier alpha value is -1.44. The average Bonchev–Trinajstić information content (AvgIpc) is 1.97. The number of nitrogens with zero attached hydrogens (tertiary/aromatic N) is 2. The summed E-state index contributed by atoms with van der Waals surface area (Å²) >= 11 is 0. The second kappa shape index (κ2) is 3.10. The van der Waals surface area contributed by atoms with Gasteiger partial charge in [-0.15, -0.1) is 0 Å². The van der Waals surface area contributed by atoms with Crippen LogP contribution in [0, 0.1) is 6.92 Å². The second-order valence-electron chi connectivity index (χ2n) is 2.22. The number of aromatic nitrogens is 2. The summed E-state index contributed by atoms with van der Waals surface area (Å²) in [6.45, 7) is 9.29. The summed E-state index contributed by atoms with van der Waals surface area (Å²) in [5, 5.41) is 1.71. The van der Waals surface area contributed by atoms with Gasteiger partial charge in [0.2, 0.25) is 0 Å².